The third kappa shape index (κ3) is 2.80. The van der Waals surface area contributed by atoms with Gasteiger partial charge in [0.15, 0.2) is 0 Å². The lowest BCUT2D eigenvalue weighted by Crippen LogP contribution is -2.42. The Bertz CT molecular complexity index is 427. The molecular weight excluding hydrogens is 252 g/mol. The molecule has 0 amide bonds. The predicted octanol–water partition coefficient (Wildman–Crippen LogP) is -0.0481. The largest absolute Gasteiger partial charge is 0.513 e. The molecule has 0 radical (unpaired) electrons. The van der Waals surface area contributed by atoms with Gasteiger partial charge in [-0.15, -0.1) is 0 Å². The number of allylic oxidation sites excluding steroid dienone is 1. The Labute approximate surface area is 110 Å². The van der Waals surface area contributed by atoms with Crippen molar-refractivity contribution in [2.45, 2.75) is 37.6 Å². The molecule has 0 spiro atoms. The van der Waals surface area contributed by atoms with Gasteiger partial charge in [-0.05, 0) is 18.6 Å². The molecule has 0 saturated carbocycles. The molecule has 0 aromatic heterocycles. The van der Waals surface area contributed by atoms with Gasteiger partial charge in [0.05, 0.1) is 23.9 Å². The third-order valence-electron chi connectivity index (χ3n) is 3.76. The first-order valence-electron chi connectivity index (χ1n) is 6.26. The van der Waals surface area contributed by atoms with Crippen LogP contribution in [0, 0.1) is 11.8 Å². The zero-order valence-electron chi connectivity index (χ0n) is 10.3. The second-order valence-corrected chi connectivity index (χ2v) is 5.15. The van der Waals surface area contributed by atoms with Gasteiger partial charge in [0.1, 0.15) is 17.6 Å². The molecule has 0 aliphatic heterocycles. The van der Waals surface area contributed by atoms with Crippen molar-refractivity contribution in [3.8, 4) is 0 Å². The van der Waals surface area contributed by atoms with E-state index in [1.165, 1.54) is 6.08 Å². The van der Waals surface area contributed by atoms with Crippen LogP contribution in [0.15, 0.2) is 23.7 Å². The maximum atomic E-state index is 12.3. The topological polar surface area (TPSA) is 118 Å². The van der Waals surface area contributed by atoms with E-state index in [0.29, 0.717) is 0 Å². The second kappa shape index (κ2) is 5.32. The van der Waals surface area contributed by atoms with Crippen LogP contribution in [0.1, 0.15) is 19.3 Å². The summed E-state index contributed by atoms with van der Waals surface area (Å²) in [6.07, 6.45) is -0.502. The van der Waals surface area contributed by atoms with Crippen molar-refractivity contribution in [3.05, 3.63) is 23.7 Å². The highest BCUT2D eigenvalue weighted by molar-refractivity contribution is 5.86. The molecule has 0 aromatic rings. The first-order chi connectivity index (χ1) is 8.90. The molecule has 19 heavy (non-hydrogen) atoms. The Morgan fingerprint density at radius 1 is 1.16 bits per heavy atom. The van der Waals surface area contributed by atoms with Gasteiger partial charge in [-0.3, -0.25) is 4.79 Å². The first-order valence-corrected chi connectivity index (χ1v) is 6.26. The smallest absolute Gasteiger partial charge is 0.148 e. The Balaban J connectivity index is 2.16. The molecule has 6 nitrogen and oxygen atoms in total. The van der Waals surface area contributed by atoms with Crippen molar-refractivity contribution < 1.29 is 30.3 Å². The SMILES string of the molecule is O=C(C1C=C(O)C(O)CC1O)C1CC=C(O)CC1O. The second-order valence-electron chi connectivity index (χ2n) is 5.15. The molecule has 5 N–H and O–H groups in total. The third-order valence-corrected chi connectivity index (χ3v) is 3.76. The summed E-state index contributed by atoms with van der Waals surface area (Å²) in [5.74, 6) is -2.31. The number of rotatable bonds is 2. The molecule has 0 heterocycles. The highest BCUT2D eigenvalue weighted by Gasteiger charge is 2.39. The van der Waals surface area contributed by atoms with Gasteiger partial charge in [-0.2, -0.15) is 0 Å². The molecule has 2 aliphatic carbocycles. The van der Waals surface area contributed by atoms with Gasteiger partial charge in [0.25, 0.3) is 0 Å². The summed E-state index contributed by atoms with van der Waals surface area (Å²) in [6, 6.07) is 0. The van der Waals surface area contributed by atoms with Crippen LogP contribution in [0.3, 0.4) is 0 Å². The van der Waals surface area contributed by atoms with Crippen LogP contribution in [0.25, 0.3) is 0 Å². The van der Waals surface area contributed by atoms with Gasteiger partial charge < -0.3 is 25.5 Å². The molecule has 0 saturated heterocycles. The fourth-order valence-electron chi connectivity index (χ4n) is 2.59. The number of hydrogen-bond donors (Lipinski definition) is 5. The normalized spacial score (nSPS) is 39.4. The van der Waals surface area contributed by atoms with E-state index in [9.17, 15) is 30.3 Å². The minimum Gasteiger partial charge on any atom is -0.513 e. The van der Waals surface area contributed by atoms with Gasteiger partial charge >= 0.3 is 0 Å². The van der Waals surface area contributed by atoms with E-state index in [4.69, 9.17) is 0 Å². The maximum Gasteiger partial charge on any atom is 0.148 e. The number of carbonyl (C=O) groups is 1. The van der Waals surface area contributed by atoms with E-state index < -0.39 is 30.1 Å². The summed E-state index contributed by atoms with van der Waals surface area (Å²) >= 11 is 0. The average molecular weight is 270 g/mol. The molecule has 2 rings (SSSR count). The summed E-state index contributed by atoms with van der Waals surface area (Å²) in [6.45, 7) is 0. The number of Topliss-reactive ketones (excluding diaryl/α,β-unsaturated/α-hetero) is 1. The zero-order chi connectivity index (χ0) is 14.2. The molecule has 0 aromatic carbocycles. The summed E-state index contributed by atoms with van der Waals surface area (Å²) in [5, 5.41) is 47.7. The van der Waals surface area contributed by atoms with Crippen molar-refractivity contribution in [1.82, 2.24) is 0 Å². The zero-order valence-corrected chi connectivity index (χ0v) is 10.3. The van der Waals surface area contributed by atoms with Crippen LogP contribution in [0.4, 0.5) is 0 Å². The van der Waals surface area contributed by atoms with Crippen LogP contribution >= 0.6 is 0 Å². The molecule has 2 aliphatic rings. The van der Waals surface area contributed by atoms with Gasteiger partial charge in [-0.1, -0.05) is 0 Å². The molecule has 106 valence electrons. The van der Waals surface area contributed by atoms with Crippen LogP contribution in [-0.2, 0) is 4.79 Å². The molecule has 5 unspecified atom stereocenters. The minimum absolute atomic E-state index is 0.0115. The fourth-order valence-corrected chi connectivity index (χ4v) is 2.59. The summed E-state index contributed by atoms with van der Waals surface area (Å²) in [5.41, 5.74) is 0. The Kier molecular flexibility index (Phi) is 3.93. The van der Waals surface area contributed by atoms with E-state index in [2.05, 4.69) is 0 Å². The quantitative estimate of drug-likeness (QED) is 0.480. The number of ketones is 1. The van der Waals surface area contributed by atoms with Crippen molar-refractivity contribution in [1.29, 1.82) is 0 Å². The highest BCUT2D eigenvalue weighted by atomic mass is 16.3. The molecular formula is C13H18O6. The van der Waals surface area contributed by atoms with Gasteiger partial charge in [0, 0.05) is 18.8 Å². The molecule has 5 atom stereocenters. The van der Waals surface area contributed by atoms with Crippen molar-refractivity contribution in [2.24, 2.45) is 11.8 Å². The summed E-state index contributed by atoms with van der Waals surface area (Å²) in [4.78, 5) is 12.3. The number of aliphatic hydroxyl groups is 5. The van der Waals surface area contributed by atoms with E-state index in [-0.39, 0.29) is 36.6 Å². The maximum absolute atomic E-state index is 12.3. The Hall–Kier alpha value is -1.37. The monoisotopic (exact) mass is 270 g/mol. The molecule has 0 bridgehead atoms. The predicted molar refractivity (Wildman–Crippen MR) is 65.3 cm³/mol. The lowest BCUT2D eigenvalue weighted by Gasteiger charge is -2.32. The Morgan fingerprint density at radius 3 is 2.47 bits per heavy atom. The first kappa shape index (κ1) is 14.0. The van der Waals surface area contributed by atoms with Crippen LogP contribution in [-0.4, -0.2) is 49.6 Å². The lowest BCUT2D eigenvalue weighted by molar-refractivity contribution is -0.133. The molecule has 6 heteroatoms. The van der Waals surface area contributed by atoms with E-state index >= 15 is 0 Å². The van der Waals surface area contributed by atoms with Gasteiger partial charge in [0.2, 0.25) is 0 Å². The standard InChI is InChI=1S/C13H18O6/c14-6-1-2-7(9(15)3-6)13(19)8-4-11(17)12(18)5-10(8)16/h1,4,7-10,12,14-18H,2-3,5H2. The van der Waals surface area contributed by atoms with Gasteiger partial charge in [-0.25, -0.2) is 0 Å². The lowest BCUT2D eigenvalue weighted by atomic mass is 9.77. The fraction of sp³-hybridized carbons (Fsp3) is 0.615. The number of aliphatic hydroxyl groups excluding tert-OH is 5. The summed E-state index contributed by atoms with van der Waals surface area (Å²) in [7, 11) is 0. The van der Waals surface area contributed by atoms with Crippen LogP contribution in [0.2, 0.25) is 0 Å². The van der Waals surface area contributed by atoms with E-state index in [1.807, 2.05) is 0 Å². The van der Waals surface area contributed by atoms with Crippen molar-refractivity contribution >= 4 is 5.78 Å². The summed E-state index contributed by atoms with van der Waals surface area (Å²) < 4.78 is 0. The van der Waals surface area contributed by atoms with Crippen LogP contribution in [0.5, 0.6) is 0 Å². The molecule has 0 fully saturated rings. The van der Waals surface area contributed by atoms with Crippen molar-refractivity contribution in [3.63, 3.8) is 0 Å². The minimum atomic E-state index is -1.15. The van der Waals surface area contributed by atoms with E-state index in [0.717, 1.165) is 6.08 Å². The Morgan fingerprint density at radius 2 is 1.84 bits per heavy atom. The van der Waals surface area contributed by atoms with Crippen molar-refractivity contribution in [2.75, 3.05) is 0 Å². The highest BCUT2D eigenvalue weighted by Crippen LogP contribution is 2.31. The number of hydrogen-bond acceptors (Lipinski definition) is 6. The average Bonchev–Trinajstić information content (AvgIpc) is 2.33. The number of carbonyl (C=O) groups excluding carboxylic acids is 1. The van der Waals surface area contributed by atoms with E-state index in [1.54, 1.807) is 0 Å². The van der Waals surface area contributed by atoms with Crippen LogP contribution < -0.4 is 0 Å².